The molecule has 1 amide bonds. The van der Waals surface area contributed by atoms with E-state index in [1.807, 2.05) is 30.9 Å². The fourth-order valence-electron chi connectivity index (χ4n) is 3.66. The third kappa shape index (κ3) is 4.12. The molecule has 6 nitrogen and oxygen atoms in total. The van der Waals surface area contributed by atoms with Crippen LogP contribution in [0.15, 0.2) is 18.3 Å². The molecule has 3 heterocycles. The minimum absolute atomic E-state index is 0.0789. The number of piperidine rings is 1. The van der Waals surface area contributed by atoms with Crippen molar-refractivity contribution < 1.29 is 14.3 Å². The van der Waals surface area contributed by atoms with E-state index in [4.69, 9.17) is 9.47 Å². The van der Waals surface area contributed by atoms with Gasteiger partial charge in [-0.25, -0.2) is 0 Å². The molecule has 2 fully saturated rings. The lowest BCUT2D eigenvalue weighted by molar-refractivity contribution is -0.152. The number of amides is 1. The number of likely N-dealkylation sites (N-methyl/N-ethyl adjacent to an activating group) is 1. The quantitative estimate of drug-likeness (QED) is 0.852. The molecule has 1 atom stereocenters. The van der Waals surface area contributed by atoms with Gasteiger partial charge in [-0.05, 0) is 51.9 Å². The van der Waals surface area contributed by atoms with Crippen LogP contribution in [0.5, 0.6) is 5.75 Å². The molecule has 0 aromatic carbocycles. The summed E-state index contributed by atoms with van der Waals surface area (Å²) < 4.78 is 12.1. The molecule has 2 aliphatic rings. The largest absolute Gasteiger partial charge is 0.475 e. The van der Waals surface area contributed by atoms with Gasteiger partial charge in [-0.2, -0.15) is 0 Å². The maximum absolute atomic E-state index is 13.5. The molecule has 0 unspecified atom stereocenters. The number of carbonyl (C=O) groups excluding carboxylic acids is 1. The van der Waals surface area contributed by atoms with E-state index in [1.54, 1.807) is 6.20 Å². The van der Waals surface area contributed by atoms with Gasteiger partial charge in [0, 0.05) is 38.7 Å². The number of hydrogen-bond donors (Lipinski definition) is 1. The summed E-state index contributed by atoms with van der Waals surface area (Å²) in [6, 6.07) is 3.75. The predicted octanol–water partition coefficient (Wildman–Crippen LogP) is 1.92. The van der Waals surface area contributed by atoms with E-state index < -0.39 is 5.60 Å². The van der Waals surface area contributed by atoms with E-state index in [0.717, 1.165) is 38.2 Å². The lowest BCUT2D eigenvalue weighted by Crippen LogP contribution is -2.58. The number of hydrogen-bond acceptors (Lipinski definition) is 5. The van der Waals surface area contributed by atoms with Gasteiger partial charge in [0.2, 0.25) is 0 Å². The highest BCUT2D eigenvalue weighted by Gasteiger charge is 2.45. The minimum atomic E-state index is -0.812. The second-order valence-corrected chi connectivity index (χ2v) is 6.91. The first kappa shape index (κ1) is 18.1. The Labute approximate surface area is 149 Å². The summed E-state index contributed by atoms with van der Waals surface area (Å²) in [5.74, 6) is 0.779. The number of nitrogens with one attached hydrogen (secondary N) is 1. The number of ether oxygens (including phenoxy) is 2. The summed E-state index contributed by atoms with van der Waals surface area (Å²) in [6.07, 6.45) is 5.35. The SMILES string of the molecule is CCN(C[C@H]1CCCO1)C(=O)C1(Oc2cccnc2C)CCNCC1. The van der Waals surface area contributed by atoms with Crippen LogP contribution in [0.25, 0.3) is 0 Å². The normalized spacial score (nSPS) is 22.6. The molecule has 0 radical (unpaired) electrons. The number of nitrogens with zero attached hydrogens (tertiary/aromatic N) is 2. The van der Waals surface area contributed by atoms with Gasteiger partial charge in [-0.3, -0.25) is 9.78 Å². The summed E-state index contributed by atoms with van der Waals surface area (Å²) in [6.45, 7) is 7.63. The molecule has 0 saturated carbocycles. The maximum Gasteiger partial charge on any atom is 0.266 e. The number of carbonyl (C=O) groups is 1. The summed E-state index contributed by atoms with van der Waals surface area (Å²) in [7, 11) is 0. The first-order chi connectivity index (χ1) is 12.1. The van der Waals surface area contributed by atoms with Crippen molar-refractivity contribution in [2.45, 2.75) is 51.2 Å². The Hall–Kier alpha value is -1.66. The Morgan fingerprint density at radius 3 is 2.92 bits per heavy atom. The van der Waals surface area contributed by atoms with Crippen molar-refractivity contribution in [2.75, 3.05) is 32.8 Å². The highest BCUT2D eigenvalue weighted by Crippen LogP contribution is 2.30. The van der Waals surface area contributed by atoms with Crippen LogP contribution < -0.4 is 10.1 Å². The summed E-state index contributed by atoms with van der Waals surface area (Å²) in [5, 5.41) is 3.33. The van der Waals surface area contributed by atoms with Crippen molar-refractivity contribution in [1.82, 2.24) is 15.2 Å². The summed E-state index contributed by atoms with van der Waals surface area (Å²) >= 11 is 0. The Bertz CT molecular complexity index is 581. The van der Waals surface area contributed by atoms with Gasteiger partial charge in [0.1, 0.15) is 5.75 Å². The Morgan fingerprint density at radius 1 is 1.48 bits per heavy atom. The third-order valence-corrected chi connectivity index (χ3v) is 5.18. The van der Waals surface area contributed by atoms with Crippen LogP contribution in [0.4, 0.5) is 0 Å². The second kappa shape index (κ2) is 8.15. The molecule has 1 aromatic rings. The monoisotopic (exact) mass is 347 g/mol. The molecule has 3 rings (SSSR count). The van der Waals surface area contributed by atoms with Crippen LogP contribution in [-0.4, -0.2) is 60.3 Å². The molecule has 6 heteroatoms. The molecule has 0 spiro atoms. The van der Waals surface area contributed by atoms with Crippen LogP contribution in [0.2, 0.25) is 0 Å². The highest BCUT2D eigenvalue weighted by molar-refractivity contribution is 5.86. The Balaban J connectivity index is 1.80. The van der Waals surface area contributed by atoms with Crippen molar-refractivity contribution in [2.24, 2.45) is 0 Å². The summed E-state index contributed by atoms with van der Waals surface area (Å²) in [5.41, 5.74) is 0.00332. The zero-order valence-corrected chi connectivity index (χ0v) is 15.3. The van der Waals surface area contributed by atoms with Crippen molar-refractivity contribution in [3.8, 4) is 5.75 Å². The Morgan fingerprint density at radius 2 is 2.28 bits per heavy atom. The van der Waals surface area contributed by atoms with Crippen LogP contribution in [-0.2, 0) is 9.53 Å². The second-order valence-electron chi connectivity index (χ2n) is 6.91. The topological polar surface area (TPSA) is 63.7 Å². The van der Waals surface area contributed by atoms with E-state index in [2.05, 4.69) is 10.3 Å². The van der Waals surface area contributed by atoms with Crippen molar-refractivity contribution in [3.05, 3.63) is 24.0 Å². The van der Waals surface area contributed by atoms with Gasteiger partial charge in [0.05, 0.1) is 11.8 Å². The average molecular weight is 347 g/mol. The van der Waals surface area contributed by atoms with E-state index in [-0.39, 0.29) is 12.0 Å². The lowest BCUT2D eigenvalue weighted by atomic mass is 9.90. The standard InChI is InChI=1S/C19H29N3O3/c1-3-22(14-16-6-5-13-24-16)18(23)19(8-11-20-12-9-19)25-17-7-4-10-21-15(17)2/h4,7,10,16,20H,3,5-6,8-9,11-14H2,1-2H3/t16-/m1/s1. The van der Waals surface area contributed by atoms with Crippen molar-refractivity contribution in [1.29, 1.82) is 0 Å². The van der Waals surface area contributed by atoms with Crippen LogP contribution in [0.3, 0.4) is 0 Å². The molecule has 1 aromatic heterocycles. The number of aryl methyl sites for hydroxylation is 1. The van der Waals surface area contributed by atoms with E-state index in [0.29, 0.717) is 31.7 Å². The molecular weight excluding hydrogens is 318 g/mol. The predicted molar refractivity (Wildman–Crippen MR) is 95.7 cm³/mol. The third-order valence-electron chi connectivity index (χ3n) is 5.18. The van der Waals surface area contributed by atoms with E-state index in [9.17, 15) is 4.79 Å². The van der Waals surface area contributed by atoms with Gasteiger partial charge in [0.15, 0.2) is 5.60 Å². The van der Waals surface area contributed by atoms with Crippen LogP contribution >= 0.6 is 0 Å². The number of rotatable bonds is 6. The molecule has 25 heavy (non-hydrogen) atoms. The van der Waals surface area contributed by atoms with Crippen LogP contribution in [0, 0.1) is 6.92 Å². The molecular formula is C19H29N3O3. The molecule has 0 aliphatic carbocycles. The van der Waals surface area contributed by atoms with Crippen molar-refractivity contribution in [3.63, 3.8) is 0 Å². The summed E-state index contributed by atoms with van der Waals surface area (Å²) in [4.78, 5) is 19.7. The van der Waals surface area contributed by atoms with E-state index >= 15 is 0 Å². The highest BCUT2D eigenvalue weighted by atomic mass is 16.5. The first-order valence-electron chi connectivity index (χ1n) is 9.37. The lowest BCUT2D eigenvalue weighted by Gasteiger charge is -2.40. The van der Waals surface area contributed by atoms with Gasteiger partial charge in [-0.1, -0.05) is 0 Å². The Kier molecular flexibility index (Phi) is 5.91. The molecule has 138 valence electrons. The van der Waals surface area contributed by atoms with Gasteiger partial charge >= 0.3 is 0 Å². The first-order valence-corrected chi connectivity index (χ1v) is 9.37. The van der Waals surface area contributed by atoms with Crippen LogP contribution in [0.1, 0.15) is 38.3 Å². The molecule has 2 aliphatic heterocycles. The number of aromatic nitrogens is 1. The minimum Gasteiger partial charge on any atom is -0.475 e. The molecule has 0 bridgehead atoms. The fraction of sp³-hybridized carbons (Fsp3) is 0.684. The molecule has 2 saturated heterocycles. The van der Waals surface area contributed by atoms with Gasteiger partial charge < -0.3 is 19.7 Å². The fourth-order valence-corrected chi connectivity index (χ4v) is 3.66. The zero-order chi connectivity index (χ0) is 17.7. The average Bonchev–Trinajstić information content (AvgIpc) is 3.15. The molecule has 1 N–H and O–H groups in total. The van der Waals surface area contributed by atoms with E-state index in [1.165, 1.54) is 0 Å². The number of pyridine rings is 1. The van der Waals surface area contributed by atoms with Gasteiger partial charge in [-0.15, -0.1) is 0 Å². The smallest absolute Gasteiger partial charge is 0.266 e. The van der Waals surface area contributed by atoms with Crippen molar-refractivity contribution >= 4 is 5.91 Å². The maximum atomic E-state index is 13.5. The van der Waals surface area contributed by atoms with Gasteiger partial charge in [0.25, 0.3) is 5.91 Å². The zero-order valence-electron chi connectivity index (χ0n) is 15.3.